The lowest BCUT2D eigenvalue weighted by atomic mass is 9.77. The SMILES string of the molecule is O=S(=O)(Oc1ccc2ccc(OI)c3c2c1[C@H](c1cccc2ccccc12)NC3C1=CCCc2ccccc21)C(F)(F)F. The van der Waals surface area contributed by atoms with Crippen LogP contribution in [0.2, 0.25) is 0 Å². The van der Waals surface area contributed by atoms with E-state index in [1.165, 1.54) is 11.6 Å². The molecule has 0 saturated heterocycles. The summed E-state index contributed by atoms with van der Waals surface area (Å²) in [7, 11) is -5.95. The summed E-state index contributed by atoms with van der Waals surface area (Å²) in [4.78, 5) is 0. The Morgan fingerprint density at radius 2 is 1.49 bits per heavy atom. The Labute approximate surface area is 260 Å². The smallest absolute Gasteiger partial charge is 0.427 e. The molecule has 1 aliphatic heterocycles. The minimum Gasteiger partial charge on any atom is -0.427 e. The van der Waals surface area contributed by atoms with Crippen molar-refractivity contribution in [2.24, 2.45) is 0 Å². The minimum atomic E-state index is -5.95. The van der Waals surface area contributed by atoms with Gasteiger partial charge in [-0.15, -0.1) is 0 Å². The summed E-state index contributed by atoms with van der Waals surface area (Å²) in [5.41, 5.74) is -0.512. The number of nitrogens with one attached hydrogen (secondary N) is 1. The fraction of sp³-hybridized carbons (Fsp3) is 0.152. The zero-order valence-corrected chi connectivity index (χ0v) is 25.3. The molecular formula is C33H23F3INO4S. The van der Waals surface area contributed by atoms with Crippen LogP contribution < -0.4 is 12.6 Å². The molecular weight excluding hydrogens is 690 g/mol. The summed E-state index contributed by atoms with van der Waals surface area (Å²) in [6.45, 7) is 0. The lowest BCUT2D eigenvalue weighted by Crippen LogP contribution is -2.34. The summed E-state index contributed by atoms with van der Waals surface area (Å²) in [5, 5.41) is 6.85. The molecule has 1 heterocycles. The normalized spacial score (nSPS) is 18.3. The first-order chi connectivity index (χ1) is 20.7. The summed E-state index contributed by atoms with van der Waals surface area (Å²) in [6.07, 6.45) is 3.90. The number of rotatable bonds is 5. The Kier molecular flexibility index (Phi) is 6.90. The van der Waals surface area contributed by atoms with Crippen molar-refractivity contribution in [1.29, 1.82) is 0 Å². The molecule has 0 amide bonds. The molecule has 0 aromatic heterocycles. The van der Waals surface area contributed by atoms with Gasteiger partial charge in [-0.25, -0.2) is 0 Å². The van der Waals surface area contributed by atoms with Gasteiger partial charge in [-0.2, -0.15) is 21.6 Å². The van der Waals surface area contributed by atoms with Crippen molar-refractivity contribution < 1.29 is 28.8 Å². The topological polar surface area (TPSA) is 64.6 Å². The Balaban J connectivity index is 1.57. The third-order valence-electron chi connectivity index (χ3n) is 8.22. The van der Waals surface area contributed by atoms with Crippen LogP contribution in [0.25, 0.3) is 27.1 Å². The molecule has 0 bridgehead atoms. The molecule has 2 atom stereocenters. The minimum absolute atomic E-state index is 0.299. The van der Waals surface area contributed by atoms with E-state index in [4.69, 9.17) is 7.25 Å². The summed E-state index contributed by atoms with van der Waals surface area (Å²) in [6, 6.07) is 27.0. The van der Waals surface area contributed by atoms with Gasteiger partial charge in [-0.05, 0) is 68.8 Å². The number of allylic oxidation sites excluding steroid dienone is 1. The van der Waals surface area contributed by atoms with Crippen LogP contribution in [-0.4, -0.2) is 13.9 Å². The fourth-order valence-electron chi connectivity index (χ4n) is 6.43. The van der Waals surface area contributed by atoms with Gasteiger partial charge in [0.25, 0.3) is 0 Å². The van der Waals surface area contributed by atoms with Gasteiger partial charge >= 0.3 is 15.6 Å². The van der Waals surface area contributed by atoms with E-state index in [2.05, 4.69) is 23.5 Å². The summed E-state index contributed by atoms with van der Waals surface area (Å²) >= 11 is 1.80. The second-order valence-corrected chi connectivity index (χ2v) is 12.5. The zero-order valence-electron chi connectivity index (χ0n) is 22.4. The highest BCUT2D eigenvalue weighted by Gasteiger charge is 2.49. The van der Waals surface area contributed by atoms with Crippen LogP contribution in [0, 0.1) is 0 Å². The van der Waals surface area contributed by atoms with E-state index in [-0.39, 0.29) is 0 Å². The molecule has 1 N–H and O–H groups in total. The molecule has 7 rings (SSSR count). The molecule has 10 heteroatoms. The van der Waals surface area contributed by atoms with Crippen molar-refractivity contribution in [3.8, 4) is 11.5 Å². The molecule has 218 valence electrons. The Morgan fingerprint density at radius 1 is 0.791 bits per heavy atom. The first-order valence-electron chi connectivity index (χ1n) is 13.6. The predicted molar refractivity (Wildman–Crippen MR) is 169 cm³/mol. The molecule has 5 aromatic carbocycles. The van der Waals surface area contributed by atoms with Gasteiger partial charge in [0.2, 0.25) is 0 Å². The Bertz CT molecular complexity index is 2050. The van der Waals surface area contributed by atoms with Gasteiger partial charge in [-0.3, -0.25) is 5.32 Å². The van der Waals surface area contributed by atoms with Crippen LogP contribution in [0.4, 0.5) is 13.2 Å². The molecule has 1 aliphatic carbocycles. The van der Waals surface area contributed by atoms with Crippen molar-refractivity contribution >= 4 is 60.2 Å². The quantitative estimate of drug-likeness (QED) is 0.112. The third-order valence-corrected chi connectivity index (χ3v) is 9.66. The first kappa shape index (κ1) is 28.2. The average Bonchev–Trinajstić information content (AvgIpc) is 3.01. The summed E-state index contributed by atoms with van der Waals surface area (Å²) < 4.78 is 76.2. The maximum Gasteiger partial charge on any atom is 0.534 e. The Morgan fingerprint density at radius 3 is 2.28 bits per heavy atom. The van der Waals surface area contributed by atoms with E-state index in [1.807, 2.05) is 66.7 Å². The van der Waals surface area contributed by atoms with E-state index >= 15 is 0 Å². The fourth-order valence-corrected chi connectivity index (χ4v) is 7.29. The number of hydrogen-bond donors (Lipinski definition) is 1. The maximum absolute atomic E-state index is 13.6. The standard InChI is InChI=1S/C33H23F3INO4S/c34-33(35,36)43(39,40)42-27-18-16-21-15-17-26(41-37)29-28(21)30(27)32(25-14-6-10-20-8-2-4-12-23(20)25)38-31(29)24-13-5-9-19-7-1-3-11-22(19)24/h1-4,6-8,10-18,31-32,38H,5,9H2/t31?,32-/m0/s1. The predicted octanol–water partition coefficient (Wildman–Crippen LogP) is 8.71. The van der Waals surface area contributed by atoms with Crippen LogP contribution in [0.15, 0.2) is 97.1 Å². The van der Waals surface area contributed by atoms with E-state index in [1.54, 1.807) is 29.1 Å². The van der Waals surface area contributed by atoms with Gasteiger partial charge in [0.15, 0.2) is 23.0 Å². The zero-order chi connectivity index (χ0) is 29.9. The second kappa shape index (κ2) is 10.5. The van der Waals surface area contributed by atoms with Gasteiger partial charge in [0.05, 0.1) is 12.1 Å². The third kappa shape index (κ3) is 4.67. The molecule has 2 aliphatic rings. The highest BCUT2D eigenvalue weighted by Crippen LogP contribution is 2.52. The van der Waals surface area contributed by atoms with Crippen LogP contribution in [-0.2, 0) is 16.5 Å². The lowest BCUT2D eigenvalue weighted by molar-refractivity contribution is -0.0500. The van der Waals surface area contributed by atoms with Crippen molar-refractivity contribution in [3.05, 3.63) is 125 Å². The average molecular weight is 714 g/mol. The maximum atomic E-state index is 13.6. The molecule has 5 aromatic rings. The van der Waals surface area contributed by atoms with Crippen LogP contribution in [0.5, 0.6) is 11.5 Å². The number of alkyl halides is 3. The largest absolute Gasteiger partial charge is 0.534 e. The van der Waals surface area contributed by atoms with Crippen molar-refractivity contribution in [2.75, 3.05) is 0 Å². The van der Waals surface area contributed by atoms with E-state index in [9.17, 15) is 21.6 Å². The van der Waals surface area contributed by atoms with Gasteiger partial charge < -0.3 is 7.25 Å². The Hall–Kier alpha value is -3.61. The molecule has 0 saturated carbocycles. The van der Waals surface area contributed by atoms with Crippen LogP contribution in [0.1, 0.15) is 46.3 Å². The molecule has 43 heavy (non-hydrogen) atoms. The molecule has 5 nitrogen and oxygen atoms in total. The van der Waals surface area contributed by atoms with E-state index in [0.29, 0.717) is 22.3 Å². The van der Waals surface area contributed by atoms with Crippen LogP contribution >= 0.6 is 23.0 Å². The van der Waals surface area contributed by atoms with E-state index in [0.717, 1.165) is 45.7 Å². The van der Waals surface area contributed by atoms with Crippen molar-refractivity contribution in [3.63, 3.8) is 0 Å². The van der Waals surface area contributed by atoms with Crippen LogP contribution in [0.3, 0.4) is 0 Å². The molecule has 0 radical (unpaired) electrons. The number of aryl methyl sites for hydroxylation is 1. The van der Waals surface area contributed by atoms with Gasteiger partial charge in [0.1, 0.15) is 11.5 Å². The van der Waals surface area contributed by atoms with Gasteiger partial charge in [-0.1, -0.05) is 84.9 Å². The second-order valence-electron chi connectivity index (χ2n) is 10.6. The monoisotopic (exact) mass is 713 g/mol. The lowest BCUT2D eigenvalue weighted by Gasteiger charge is -2.38. The summed E-state index contributed by atoms with van der Waals surface area (Å²) in [5.74, 6) is 0.126. The molecule has 0 spiro atoms. The molecule has 0 fully saturated rings. The van der Waals surface area contributed by atoms with Gasteiger partial charge in [0, 0.05) is 11.1 Å². The van der Waals surface area contributed by atoms with Crippen molar-refractivity contribution in [1.82, 2.24) is 5.32 Å². The molecule has 1 unspecified atom stereocenters. The van der Waals surface area contributed by atoms with Crippen molar-refractivity contribution in [2.45, 2.75) is 30.4 Å². The highest BCUT2D eigenvalue weighted by molar-refractivity contribution is 14.1. The number of fused-ring (bicyclic) bond motifs is 2. The number of halogens is 4. The number of benzene rings is 5. The number of hydrogen-bond acceptors (Lipinski definition) is 5. The first-order valence-corrected chi connectivity index (χ1v) is 15.9. The van der Waals surface area contributed by atoms with E-state index < -0.39 is 33.5 Å². The highest BCUT2D eigenvalue weighted by atomic mass is 127.